The molecule has 1 saturated carbocycles. The first-order chi connectivity index (χ1) is 13.7. The number of fused-ring (bicyclic) bond motifs is 2. The zero-order valence-electron chi connectivity index (χ0n) is 16.1. The van der Waals surface area contributed by atoms with E-state index in [1.165, 1.54) is 11.3 Å². The first-order valence-corrected chi connectivity index (χ1v) is 10.1. The van der Waals surface area contributed by atoms with Gasteiger partial charge in [0.2, 0.25) is 5.95 Å². The number of nitrogens with one attached hydrogen (secondary N) is 2. The molecule has 1 aliphatic carbocycles. The Hall–Kier alpha value is -2.80. The van der Waals surface area contributed by atoms with Crippen molar-refractivity contribution in [3.05, 3.63) is 42.0 Å². The fraction of sp³-hybridized carbons (Fsp3) is 0.429. The van der Waals surface area contributed by atoms with Gasteiger partial charge in [-0.3, -0.25) is 0 Å². The maximum absolute atomic E-state index is 9.72. The Kier molecular flexibility index (Phi) is 4.31. The molecule has 7 nitrogen and oxygen atoms in total. The Bertz CT molecular complexity index is 992. The van der Waals surface area contributed by atoms with Gasteiger partial charge < -0.3 is 20.6 Å². The lowest BCUT2D eigenvalue weighted by Gasteiger charge is -2.26. The summed E-state index contributed by atoms with van der Waals surface area (Å²) < 4.78 is 1.85. The van der Waals surface area contributed by atoms with Gasteiger partial charge in [-0.2, -0.15) is 9.50 Å². The molecule has 0 amide bonds. The number of pyridine rings is 1. The Morgan fingerprint density at radius 3 is 2.82 bits per heavy atom. The smallest absolute Gasteiger partial charge is 0.247 e. The number of likely N-dealkylation sites (N-methyl/N-ethyl adjacent to an activating group) is 1. The molecule has 0 bridgehead atoms. The molecule has 0 atom stereocenters. The number of hydrogen-bond donors (Lipinski definition) is 3. The first-order valence-electron chi connectivity index (χ1n) is 10.1. The highest BCUT2D eigenvalue weighted by Gasteiger charge is 2.20. The topological polar surface area (TPSA) is 77.7 Å². The summed E-state index contributed by atoms with van der Waals surface area (Å²) in [5, 5.41) is 21.3. The van der Waals surface area contributed by atoms with Crippen molar-refractivity contribution < 1.29 is 5.11 Å². The third kappa shape index (κ3) is 3.26. The van der Waals surface area contributed by atoms with Crippen molar-refractivity contribution in [2.24, 2.45) is 0 Å². The van der Waals surface area contributed by atoms with Gasteiger partial charge in [0.1, 0.15) is 5.82 Å². The standard InChI is InChI=1S/C21H26N6O/c1-26-12-11-14-5-6-16(13-18(14)26)23-21-24-20-4-2-3-19(27(20)25-21)22-15-7-9-17(28)10-8-15/h2-6,13,15,17,22,28H,7-12H2,1H3,(H,23,25)/t15-,17+. The highest BCUT2D eigenvalue weighted by molar-refractivity contribution is 5.68. The zero-order valence-corrected chi connectivity index (χ0v) is 16.1. The number of anilines is 4. The van der Waals surface area contributed by atoms with Crippen molar-refractivity contribution in [2.75, 3.05) is 29.1 Å². The summed E-state index contributed by atoms with van der Waals surface area (Å²) in [4.78, 5) is 6.91. The molecule has 3 N–H and O–H groups in total. The second kappa shape index (κ2) is 6.98. The number of nitrogens with zero attached hydrogens (tertiary/aromatic N) is 4. The van der Waals surface area contributed by atoms with E-state index in [1.54, 1.807) is 0 Å². The quantitative estimate of drug-likeness (QED) is 0.647. The van der Waals surface area contributed by atoms with Gasteiger partial charge >= 0.3 is 0 Å². The van der Waals surface area contributed by atoms with Gasteiger partial charge in [-0.05, 0) is 61.9 Å². The first kappa shape index (κ1) is 17.3. The summed E-state index contributed by atoms with van der Waals surface area (Å²) in [5.41, 5.74) is 4.47. The predicted octanol–water partition coefficient (Wildman–Crippen LogP) is 3.18. The van der Waals surface area contributed by atoms with Crippen molar-refractivity contribution in [1.29, 1.82) is 0 Å². The normalized spacial score (nSPS) is 21.7. The van der Waals surface area contributed by atoms with Gasteiger partial charge in [-0.25, -0.2) is 0 Å². The minimum absolute atomic E-state index is 0.151. The van der Waals surface area contributed by atoms with E-state index in [0.717, 1.165) is 55.8 Å². The molecule has 2 aliphatic rings. The highest BCUT2D eigenvalue weighted by atomic mass is 16.3. The Balaban J connectivity index is 1.37. The van der Waals surface area contributed by atoms with Crippen LogP contribution in [0.3, 0.4) is 0 Å². The molecule has 3 heterocycles. The molecule has 2 aromatic heterocycles. The van der Waals surface area contributed by atoms with Gasteiger partial charge in [0.25, 0.3) is 0 Å². The molecule has 0 unspecified atom stereocenters. The van der Waals surface area contributed by atoms with E-state index >= 15 is 0 Å². The molecule has 5 rings (SSSR count). The van der Waals surface area contributed by atoms with Crippen molar-refractivity contribution in [3.63, 3.8) is 0 Å². The predicted molar refractivity (Wildman–Crippen MR) is 112 cm³/mol. The van der Waals surface area contributed by atoms with E-state index in [-0.39, 0.29) is 6.10 Å². The molecule has 1 aliphatic heterocycles. The van der Waals surface area contributed by atoms with Crippen LogP contribution in [0.25, 0.3) is 5.65 Å². The van der Waals surface area contributed by atoms with Crippen LogP contribution < -0.4 is 15.5 Å². The second-order valence-electron chi connectivity index (χ2n) is 7.91. The lowest BCUT2D eigenvalue weighted by atomic mass is 9.93. The summed E-state index contributed by atoms with van der Waals surface area (Å²) in [5.74, 6) is 1.53. The average Bonchev–Trinajstić information content (AvgIpc) is 3.28. The number of aliphatic hydroxyl groups excluding tert-OH is 1. The molecule has 1 aromatic carbocycles. The van der Waals surface area contributed by atoms with Gasteiger partial charge in [0.05, 0.1) is 6.10 Å². The van der Waals surface area contributed by atoms with E-state index in [0.29, 0.717) is 12.0 Å². The lowest BCUT2D eigenvalue weighted by molar-refractivity contribution is 0.126. The van der Waals surface area contributed by atoms with Crippen LogP contribution in [0.2, 0.25) is 0 Å². The van der Waals surface area contributed by atoms with E-state index in [9.17, 15) is 5.11 Å². The molecular weight excluding hydrogens is 352 g/mol. The Morgan fingerprint density at radius 1 is 1.11 bits per heavy atom. The summed E-state index contributed by atoms with van der Waals surface area (Å²) in [7, 11) is 2.13. The molecule has 0 radical (unpaired) electrons. The van der Waals surface area contributed by atoms with Crippen LogP contribution in [0.5, 0.6) is 0 Å². The van der Waals surface area contributed by atoms with Crippen molar-refractivity contribution in [1.82, 2.24) is 14.6 Å². The monoisotopic (exact) mass is 378 g/mol. The summed E-state index contributed by atoms with van der Waals surface area (Å²) in [6.07, 6.45) is 4.60. The highest BCUT2D eigenvalue weighted by Crippen LogP contribution is 2.30. The number of benzene rings is 1. The minimum Gasteiger partial charge on any atom is -0.393 e. The zero-order chi connectivity index (χ0) is 19.1. The second-order valence-corrected chi connectivity index (χ2v) is 7.91. The number of aromatic nitrogens is 3. The number of rotatable bonds is 4. The molecule has 0 saturated heterocycles. The Morgan fingerprint density at radius 2 is 1.96 bits per heavy atom. The average molecular weight is 378 g/mol. The van der Waals surface area contributed by atoms with E-state index in [2.05, 4.69) is 50.9 Å². The fourth-order valence-corrected chi connectivity index (χ4v) is 4.24. The SMILES string of the molecule is CN1CCc2ccc(Nc3nc4cccc(N[C@H]5CC[C@@H](O)CC5)n4n3)cc21. The van der Waals surface area contributed by atoms with Gasteiger partial charge in [0, 0.05) is 31.0 Å². The molecule has 28 heavy (non-hydrogen) atoms. The third-order valence-electron chi connectivity index (χ3n) is 5.88. The van der Waals surface area contributed by atoms with Gasteiger partial charge in [0.15, 0.2) is 5.65 Å². The molecule has 1 fully saturated rings. The minimum atomic E-state index is -0.151. The van der Waals surface area contributed by atoms with Crippen molar-refractivity contribution in [2.45, 2.75) is 44.2 Å². The van der Waals surface area contributed by atoms with Crippen molar-refractivity contribution >= 4 is 28.8 Å². The fourth-order valence-electron chi connectivity index (χ4n) is 4.24. The summed E-state index contributed by atoms with van der Waals surface area (Å²) in [6, 6.07) is 12.8. The number of aliphatic hydroxyl groups is 1. The summed E-state index contributed by atoms with van der Waals surface area (Å²) in [6.45, 7) is 1.07. The van der Waals surface area contributed by atoms with E-state index in [4.69, 9.17) is 0 Å². The molecule has 0 spiro atoms. The van der Waals surface area contributed by atoms with Crippen LogP contribution in [0.4, 0.5) is 23.1 Å². The van der Waals surface area contributed by atoms with Crippen LogP contribution in [0.15, 0.2) is 36.4 Å². The van der Waals surface area contributed by atoms with Gasteiger partial charge in [-0.1, -0.05) is 12.1 Å². The van der Waals surface area contributed by atoms with Crippen molar-refractivity contribution in [3.8, 4) is 0 Å². The van der Waals surface area contributed by atoms with Crippen LogP contribution in [0.1, 0.15) is 31.2 Å². The summed E-state index contributed by atoms with van der Waals surface area (Å²) >= 11 is 0. The largest absolute Gasteiger partial charge is 0.393 e. The van der Waals surface area contributed by atoms with E-state index in [1.807, 2.05) is 22.7 Å². The van der Waals surface area contributed by atoms with E-state index < -0.39 is 0 Å². The maximum Gasteiger partial charge on any atom is 0.247 e. The molecule has 7 heteroatoms. The molecule has 146 valence electrons. The van der Waals surface area contributed by atoms with Crippen LogP contribution in [-0.2, 0) is 6.42 Å². The lowest BCUT2D eigenvalue weighted by Crippen LogP contribution is -2.29. The molecule has 3 aromatic rings. The van der Waals surface area contributed by atoms with Gasteiger partial charge in [-0.15, -0.1) is 5.10 Å². The van der Waals surface area contributed by atoms with Crippen LogP contribution >= 0.6 is 0 Å². The van der Waals surface area contributed by atoms with Crippen LogP contribution in [-0.4, -0.2) is 45.4 Å². The van der Waals surface area contributed by atoms with Crippen LogP contribution in [0, 0.1) is 0 Å². The number of hydrogen-bond acceptors (Lipinski definition) is 6. The maximum atomic E-state index is 9.72. The molecular formula is C21H26N6O. The third-order valence-corrected chi connectivity index (χ3v) is 5.88. The Labute approximate surface area is 164 Å².